The molecule has 0 aromatic rings. The summed E-state index contributed by atoms with van der Waals surface area (Å²) in [6, 6.07) is 0. The molecule has 1 amide bonds. The molecule has 0 saturated heterocycles. The number of aliphatic hydroxyl groups excluding tert-OH is 1. The standard InChI is InChI=1S/C9H20N2O4/c1-9(2,3)15-8(13)11-4-5-14-7(10)6-12/h7,12H,4-6,10H2,1-3H3,(H,11,13). The first-order valence-electron chi connectivity index (χ1n) is 4.80. The highest BCUT2D eigenvalue weighted by atomic mass is 16.6. The van der Waals surface area contributed by atoms with Crippen molar-refractivity contribution < 1.29 is 19.4 Å². The maximum atomic E-state index is 11.1. The Morgan fingerprint density at radius 2 is 2.13 bits per heavy atom. The largest absolute Gasteiger partial charge is 0.444 e. The average Bonchev–Trinajstić information content (AvgIpc) is 2.09. The molecular weight excluding hydrogens is 200 g/mol. The number of ether oxygens (including phenoxy) is 2. The fourth-order valence-electron chi connectivity index (χ4n) is 0.730. The van der Waals surface area contributed by atoms with Crippen LogP contribution in [-0.4, -0.2) is 42.8 Å². The number of nitrogens with one attached hydrogen (secondary N) is 1. The molecule has 0 aliphatic rings. The molecule has 6 nitrogen and oxygen atoms in total. The Labute approximate surface area is 89.7 Å². The highest BCUT2D eigenvalue weighted by Gasteiger charge is 2.15. The van der Waals surface area contributed by atoms with Crippen LogP contribution in [0, 0.1) is 0 Å². The van der Waals surface area contributed by atoms with E-state index in [9.17, 15) is 4.79 Å². The molecule has 0 aromatic heterocycles. The van der Waals surface area contributed by atoms with Crippen LogP contribution in [0.4, 0.5) is 4.79 Å². The number of nitrogens with two attached hydrogens (primary N) is 1. The van der Waals surface area contributed by atoms with Gasteiger partial charge in [-0.2, -0.15) is 0 Å². The first-order valence-corrected chi connectivity index (χ1v) is 4.80. The van der Waals surface area contributed by atoms with Crippen LogP contribution in [-0.2, 0) is 9.47 Å². The van der Waals surface area contributed by atoms with Gasteiger partial charge < -0.3 is 25.6 Å². The minimum atomic E-state index is -0.703. The maximum absolute atomic E-state index is 11.1. The third kappa shape index (κ3) is 9.45. The smallest absolute Gasteiger partial charge is 0.407 e. The Balaban J connectivity index is 3.48. The summed E-state index contributed by atoms with van der Waals surface area (Å²) < 4.78 is 9.91. The number of rotatable bonds is 5. The Morgan fingerprint density at radius 1 is 1.53 bits per heavy atom. The molecule has 0 saturated carbocycles. The van der Waals surface area contributed by atoms with Gasteiger partial charge >= 0.3 is 6.09 Å². The van der Waals surface area contributed by atoms with E-state index in [0.29, 0.717) is 6.54 Å². The van der Waals surface area contributed by atoms with Gasteiger partial charge in [-0.3, -0.25) is 0 Å². The van der Waals surface area contributed by atoms with Crippen molar-refractivity contribution in [2.75, 3.05) is 19.8 Å². The minimum Gasteiger partial charge on any atom is -0.444 e. The van der Waals surface area contributed by atoms with Crippen molar-refractivity contribution >= 4 is 6.09 Å². The van der Waals surface area contributed by atoms with Gasteiger partial charge in [0.2, 0.25) is 0 Å². The molecule has 0 radical (unpaired) electrons. The van der Waals surface area contributed by atoms with E-state index in [0.717, 1.165) is 0 Å². The van der Waals surface area contributed by atoms with Crippen molar-refractivity contribution in [2.45, 2.75) is 32.6 Å². The summed E-state index contributed by atoms with van der Waals surface area (Å²) in [5.74, 6) is 0. The Morgan fingerprint density at radius 3 is 2.60 bits per heavy atom. The molecule has 0 fully saturated rings. The van der Waals surface area contributed by atoms with Gasteiger partial charge in [0.15, 0.2) is 0 Å². The van der Waals surface area contributed by atoms with Gasteiger partial charge in [0.05, 0.1) is 13.2 Å². The van der Waals surface area contributed by atoms with Gasteiger partial charge in [-0.05, 0) is 20.8 Å². The monoisotopic (exact) mass is 220 g/mol. The maximum Gasteiger partial charge on any atom is 0.407 e. The molecular formula is C9H20N2O4. The average molecular weight is 220 g/mol. The molecule has 0 aromatic carbocycles. The summed E-state index contributed by atoms with van der Waals surface area (Å²) in [6.07, 6.45) is -1.20. The van der Waals surface area contributed by atoms with Crippen LogP contribution in [0.5, 0.6) is 0 Å². The van der Waals surface area contributed by atoms with E-state index in [-0.39, 0.29) is 13.2 Å². The van der Waals surface area contributed by atoms with Crippen LogP contribution in [0.2, 0.25) is 0 Å². The quantitative estimate of drug-likeness (QED) is 0.441. The molecule has 6 heteroatoms. The van der Waals surface area contributed by atoms with Crippen LogP contribution in [0.1, 0.15) is 20.8 Å². The SMILES string of the molecule is CC(C)(C)OC(=O)NCCOC(N)CO. The summed E-state index contributed by atoms with van der Waals surface area (Å²) in [6.45, 7) is 5.64. The molecule has 15 heavy (non-hydrogen) atoms. The first-order chi connectivity index (χ1) is 6.85. The number of alkyl carbamates (subject to hydrolysis) is 1. The van der Waals surface area contributed by atoms with Crippen molar-refractivity contribution in [2.24, 2.45) is 5.73 Å². The molecule has 0 aliphatic carbocycles. The van der Waals surface area contributed by atoms with E-state index in [1.54, 1.807) is 20.8 Å². The molecule has 0 bridgehead atoms. The second-order valence-electron chi connectivity index (χ2n) is 4.02. The van der Waals surface area contributed by atoms with Gasteiger partial charge in [0.25, 0.3) is 0 Å². The summed E-state index contributed by atoms with van der Waals surface area (Å²) in [5, 5.41) is 11.0. The lowest BCUT2D eigenvalue weighted by Gasteiger charge is -2.19. The van der Waals surface area contributed by atoms with Crippen LogP contribution in [0.3, 0.4) is 0 Å². The zero-order valence-corrected chi connectivity index (χ0v) is 9.45. The van der Waals surface area contributed by atoms with E-state index < -0.39 is 17.9 Å². The number of aliphatic hydroxyl groups is 1. The Kier molecular flexibility index (Phi) is 6.23. The van der Waals surface area contributed by atoms with Gasteiger partial charge in [-0.25, -0.2) is 4.79 Å². The summed E-state index contributed by atoms with van der Waals surface area (Å²) >= 11 is 0. The number of hydrogen-bond acceptors (Lipinski definition) is 5. The summed E-state index contributed by atoms with van der Waals surface area (Å²) in [5.41, 5.74) is 4.77. The lowest BCUT2D eigenvalue weighted by molar-refractivity contribution is 0.0155. The fourth-order valence-corrected chi connectivity index (χ4v) is 0.730. The van der Waals surface area contributed by atoms with Crippen molar-refractivity contribution in [3.63, 3.8) is 0 Å². The molecule has 90 valence electrons. The molecule has 0 heterocycles. The minimum absolute atomic E-state index is 0.237. The zero-order valence-electron chi connectivity index (χ0n) is 9.45. The van der Waals surface area contributed by atoms with Crippen molar-refractivity contribution in [1.29, 1.82) is 0 Å². The second-order valence-corrected chi connectivity index (χ2v) is 4.02. The predicted molar refractivity (Wildman–Crippen MR) is 55.2 cm³/mol. The van der Waals surface area contributed by atoms with E-state index in [4.69, 9.17) is 20.3 Å². The second kappa shape index (κ2) is 6.60. The number of hydrogen-bond donors (Lipinski definition) is 3. The molecule has 1 unspecified atom stereocenters. The van der Waals surface area contributed by atoms with E-state index in [1.807, 2.05) is 0 Å². The van der Waals surface area contributed by atoms with Crippen LogP contribution in [0.25, 0.3) is 0 Å². The third-order valence-electron chi connectivity index (χ3n) is 1.28. The number of carbonyl (C=O) groups is 1. The topological polar surface area (TPSA) is 93.8 Å². The molecule has 0 rings (SSSR count). The normalized spacial score (nSPS) is 13.4. The lowest BCUT2D eigenvalue weighted by Crippen LogP contribution is -2.36. The fraction of sp³-hybridized carbons (Fsp3) is 0.889. The summed E-state index contributed by atoms with van der Waals surface area (Å²) in [7, 11) is 0. The number of amides is 1. The van der Waals surface area contributed by atoms with Crippen molar-refractivity contribution in [3.05, 3.63) is 0 Å². The van der Waals surface area contributed by atoms with Crippen molar-refractivity contribution in [1.82, 2.24) is 5.32 Å². The van der Waals surface area contributed by atoms with Crippen molar-refractivity contribution in [3.8, 4) is 0 Å². The van der Waals surface area contributed by atoms with Crippen LogP contribution >= 0.6 is 0 Å². The highest BCUT2D eigenvalue weighted by Crippen LogP contribution is 2.05. The van der Waals surface area contributed by atoms with E-state index in [1.165, 1.54) is 0 Å². The predicted octanol–water partition coefficient (Wildman–Crippen LogP) is -0.195. The molecule has 0 aliphatic heterocycles. The van der Waals surface area contributed by atoms with E-state index >= 15 is 0 Å². The van der Waals surface area contributed by atoms with Gasteiger partial charge in [0, 0.05) is 6.54 Å². The van der Waals surface area contributed by atoms with Gasteiger partial charge in [-0.1, -0.05) is 0 Å². The molecule has 1 atom stereocenters. The molecule has 0 spiro atoms. The lowest BCUT2D eigenvalue weighted by atomic mass is 10.2. The van der Waals surface area contributed by atoms with E-state index in [2.05, 4.69) is 5.32 Å². The highest BCUT2D eigenvalue weighted by molar-refractivity contribution is 5.67. The van der Waals surface area contributed by atoms with Crippen LogP contribution < -0.4 is 11.1 Å². The zero-order chi connectivity index (χ0) is 11.9. The van der Waals surface area contributed by atoms with Crippen LogP contribution in [0.15, 0.2) is 0 Å². The Hall–Kier alpha value is -0.850. The molecule has 4 N–H and O–H groups in total. The number of carbonyl (C=O) groups excluding carboxylic acids is 1. The summed E-state index contributed by atoms with van der Waals surface area (Å²) in [4.78, 5) is 11.1. The first kappa shape index (κ1) is 14.2. The van der Waals surface area contributed by atoms with Gasteiger partial charge in [-0.15, -0.1) is 0 Å². The Bertz CT molecular complexity index is 191. The third-order valence-corrected chi connectivity index (χ3v) is 1.28. The van der Waals surface area contributed by atoms with Gasteiger partial charge in [0.1, 0.15) is 11.8 Å².